The van der Waals surface area contributed by atoms with Crippen LogP contribution in [-0.4, -0.2) is 24.2 Å². The summed E-state index contributed by atoms with van der Waals surface area (Å²) in [7, 11) is 2.31. The number of pyridine rings is 2. The molecular weight excluding hydrogens is 450 g/mol. The molecule has 2 heterocycles. The Hall–Kier alpha value is -2.28. The molecule has 0 aliphatic rings. The predicted molar refractivity (Wildman–Crippen MR) is 87.1 cm³/mol. The van der Waals surface area contributed by atoms with Crippen molar-refractivity contribution in [1.29, 1.82) is 0 Å². The molecular formula is C14H13BrF6N4O2. The van der Waals surface area contributed by atoms with Gasteiger partial charge in [0, 0.05) is 0 Å². The average molecular weight is 463 g/mol. The third kappa shape index (κ3) is 6.43. The molecule has 0 aromatic carbocycles. The van der Waals surface area contributed by atoms with E-state index in [1.54, 1.807) is 0 Å². The maximum absolute atomic E-state index is 12.3. The zero-order chi connectivity index (χ0) is 20.8. The molecule has 0 spiro atoms. The Kier molecular flexibility index (Phi) is 7.65. The fourth-order valence-corrected chi connectivity index (χ4v) is 1.99. The quantitative estimate of drug-likeness (QED) is 0.307. The predicted octanol–water partition coefficient (Wildman–Crippen LogP) is 4.27. The van der Waals surface area contributed by atoms with Gasteiger partial charge in [0.1, 0.15) is 21.9 Å². The first-order chi connectivity index (χ1) is 12.4. The monoisotopic (exact) mass is 462 g/mol. The summed E-state index contributed by atoms with van der Waals surface area (Å²) >= 11 is 2.85. The van der Waals surface area contributed by atoms with Crippen LogP contribution in [0.25, 0.3) is 0 Å². The van der Waals surface area contributed by atoms with Crippen LogP contribution in [0.2, 0.25) is 0 Å². The van der Waals surface area contributed by atoms with Gasteiger partial charge in [0.25, 0.3) is 0 Å². The zero-order valence-corrected chi connectivity index (χ0v) is 15.3. The van der Waals surface area contributed by atoms with E-state index in [1.165, 1.54) is 25.3 Å². The minimum atomic E-state index is -4.56. The summed E-state index contributed by atoms with van der Waals surface area (Å²) in [5.74, 6) is 4.24. The highest BCUT2D eigenvalue weighted by Crippen LogP contribution is 2.36. The number of nitrogen functional groups attached to an aromatic ring is 1. The molecule has 0 unspecified atom stereocenters. The Labute approximate surface area is 157 Å². The SMILES string of the molecule is COc1ccc(Br)nc1C(F)(F)F.COc1ccc(NN)nc1C(F)(F)F. The summed E-state index contributed by atoms with van der Waals surface area (Å²) in [5, 5.41) is 0. The maximum Gasteiger partial charge on any atom is 0.437 e. The van der Waals surface area contributed by atoms with E-state index in [1.807, 2.05) is 5.43 Å². The number of hydrazine groups is 1. The van der Waals surface area contributed by atoms with E-state index in [2.05, 4.69) is 35.4 Å². The second-order valence-corrected chi connectivity index (χ2v) is 5.38. The number of ether oxygens (including phenoxy) is 2. The molecule has 0 saturated heterocycles. The Balaban J connectivity index is 0.000000271. The summed E-state index contributed by atoms with van der Waals surface area (Å²) < 4.78 is 82.9. The van der Waals surface area contributed by atoms with E-state index in [9.17, 15) is 26.3 Å². The Morgan fingerprint density at radius 2 is 1.30 bits per heavy atom. The first-order valence-corrected chi connectivity index (χ1v) is 7.60. The number of nitrogens with two attached hydrogens (primary N) is 1. The van der Waals surface area contributed by atoms with Crippen LogP contribution in [0, 0.1) is 0 Å². The summed E-state index contributed by atoms with van der Waals surface area (Å²) in [6.07, 6.45) is -9.05. The van der Waals surface area contributed by atoms with Crippen molar-refractivity contribution in [1.82, 2.24) is 9.97 Å². The first kappa shape index (κ1) is 22.8. The molecule has 27 heavy (non-hydrogen) atoms. The molecule has 0 radical (unpaired) electrons. The number of anilines is 1. The average Bonchev–Trinajstić information content (AvgIpc) is 2.60. The van der Waals surface area contributed by atoms with Gasteiger partial charge in [-0.05, 0) is 40.2 Å². The van der Waals surface area contributed by atoms with Gasteiger partial charge in [-0.3, -0.25) is 0 Å². The highest BCUT2D eigenvalue weighted by molar-refractivity contribution is 9.10. The normalized spacial score (nSPS) is 11.3. The number of rotatable bonds is 3. The van der Waals surface area contributed by atoms with E-state index in [-0.39, 0.29) is 21.9 Å². The van der Waals surface area contributed by atoms with Crippen molar-refractivity contribution in [3.63, 3.8) is 0 Å². The minimum absolute atomic E-state index is 0.0712. The Morgan fingerprint density at radius 1 is 0.852 bits per heavy atom. The number of nitrogens with zero attached hydrogens (tertiary/aromatic N) is 2. The molecule has 0 amide bonds. The lowest BCUT2D eigenvalue weighted by Crippen LogP contribution is -2.14. The van der Waals surface area contributed by atoms with E-state index in [0.29, 0.717) is 0 Å². The van der Waals surface area contributed by atoms with Gasteiger partial charge >= 0.3 is 12.4 Å². The summed E-state index contributed by atoms with van der Waals surface area (Å²) in [6.45, 7) is 0. The number of halogens is 7. The number of methoxy groups -OCH3 is 2. The van der Waals surface area contributed by atoms with E-state index in [4.69, 9.17) is 5.84 Å². The summed E-state index contributed by atoms with van der Waals surface area (Å²) in [5.41, 5.74) is -0.101. The molecule has 0 bridgehead atoms. The molecule has 13 heteroatoms. The van der Waals surface area contributed by atoms with Crippen molar-refractivity contribution in [2.45, 2.75) is 12.4 Å². The third-order valence-electron chi connectivity index (χ3n) is 2.81. The number of hydrogen-bond donors (Lipinski definition) is 2. The van der Waals surface area contributed by atoms with Crippen LogP contribution in [0.1, 0.15) is 11.4 Å². The highest BCUT2D eigenvalue weighted by Gasteiger charge is 2.37. The van der Waals surface area contributed by atoms with Gasteiger partial charge in [-0.1, -0.05) is 0 Å². The second kappa shape index (κ2) is 9.08. The van der Waals surface area contributed by atoms with Gasteiger partial charge in [-0.2, -0.15) is 26.3 Å². The molecule has 2 aromatic rings. The van der Waals surface area contributed by atoms with Crippen LogP contribution in [0.15, 0.2) is 28.9 Å². The number of alkyl halides is 6. The topological polar surface area (TPSA) is 82.3 Å². The number of nitrogens with one attached hydrogen (secondary N) is 1. The number of aromatic nitrogens is 2. The summed E-state index contributed by atoms with van der Waals surface area (Å²) in [4.78, 5) is 6.53. The van der Waals surface area contributed by atoms with Crippen molar-refractivity contribution < 1.29 is 35.8 Å². The van der Waals surface area contributed by atoms with Crippen LogP contribution in [0.5, 0.6) is 11.5 Å². The molecule has 0 saturated carbocycles. The van der Waals surface area contributed by atoms with Crippen LogP contribution in [0.4, 0.5) is 32.2 Å². The molecule has 150 valence electrons. The molecule has 0 aliphatic carbocycles. The van der Waals surface area contributed by atoms with Gasteiger partial charge in [-0.15, -0.1) is 0 Å². The minimum Gasteiger partial charge on any atom is -0.494 e. The molecule has 0 atom stereocenters. The molecule has 2 aromatic heterocycles. The first-order valence-electron chi connectivity index (χ1n) is 6.80. The Morgan fingerprint density at radius 3 is 1.70 bits per heavy atom. The third-order valence-corrected chi connectivity index (χ3v) is 3.25. The van der Waals surface area contributed by atoms with E-state index in [0.717, 1.165) is 13.2 Å². The van der Waals surface area contributed by atoms with Crippen LogP contribution in [-0.2, 0) is 12.4 Å². The summed E-state index contributed by atoms with van der Waals surface area (Å²) in [6, 6.07) is 5.02. The van der Waals surface area contributed by atoms with Gasteiger partial charge in [0.15, 0.2) is 11.4 Å². The van der Waals surface area contributed by atoms with Gasteiger partial charge < -0.3 is 14.9 Å². The van der Waals surface area contributed by atoms with Crippen molar-refractivity contribution in [2.24, 2.45) is 5.84 Å². The second-order valence-electron chi connectivity index (χ2n) is 4.57. The lowest BCUT2D eigenvalue weighted by Gasteiger charge is -2.11. The van der Waals surface area contributed by atoms with Crippen molar-refractivity contribution in [3.05, 3.63) is 40.3 Å². The van der Waals surface area contributed by atoms with Gasteiger partial charge in [0.2, 0.25) is 0 Å². The molecule has 0 fully saturated rings. The van der Waals surface area contributed by atoms with Crippen LogP contribution < -0.4 is 20.7 Å². The molecule has 2 rings (SSSR count). The molecule has 3 N–H and O–H groups in total. The smallest absolute Gasteiger partial charge is 0.437 e. The fraction of sp³-hybridized carbons (Fsp3) is 0.286. The Bertz CT molecular complexity index is 770. The maximum atomic E-state index is 12.3. The molecule has 6 nitrogen and oxygen atoms in total. The van der Waals surface area contributed by atoms with Gasteiger partial charge in [0.05, 0.1) is 14.2 Å². The standard InChI is InChI=1S/C7H5BrF3NO.C7H8F3N3O/c1-13-4-2-3-5(8)12-6(4)7(9,10)11;1-14-4-2-3-5(13-11)12-6(4)7(8,9)10/h2-3H,1H3;2-3H,11H2,1H3,(H,12,13). The van der Waals surface area contributed by atoms with E-state index < -0.39 is 23.7 Å². The lowest BCUT2D eigenvalue weighted by atomic mass is 10.3. The van der Waals surface area contributed by atoms with Crippen molar-refractivity contribution in [2.75, 3.05) is 19.6 Å². The van der Waals surface area contributed by atoms with E-state index >= 15 is 0 Å². The molecule has 0 aliphatic heterocycles. The lowest BCUT2D eigenvalue weighted by molar-refractivity contribution is -0.143. The van der Waals surface area contributed by atoms with Crippen molar-refractivity contribution >= 4 is 21.7 Å². The van der Waals surface area contributed by atoms with Gasteiger partial charge in [-0.25, -0.2) is 15.8 Å². The van der Waals surface area contributed by atoms with Crippen molar-refractivity contribution in [3.8, 4) is 11.5 Å². The highest BCUT2D eigenvalue weighted by atomic mass is 79.9. The largest absolute Gasteiger partial charge is 0.494 e. The fourth-order valence-electron chi connectivity index (χ4n) is 1.68. The van der Waals surface area contributed by atoms with Crippen LogP contribution >= 0.6 is 15.9 Å². The van der Waals surface area contributed by atoms with Crippen LogP contribution in [0.3, 0.4) is 0 Å². The zero-order valence-electron chi connectivity index (χ0n) is 13.7. The number of hydrogen-bond acceptors (Lipinski definition) is 6.